The number of rotatable bonds is 3. The minimum absolute atomic E-state index is 0.122. The van der Waals surface area contributed by atoms with Crippen molar-refractivity contribution in [3.05, 3.63) is 74.2 Å². The summed E-state index contributed by atoms with van der Waals surface area (Å²) < 4.78 is 16.4. The van der Waals surface area contributed by atoms with Gasteiger partial charge in [0.2, 0.25) is 0 Å². The van der Waals surface area contributed by atoms with Gasteiger partial charge in [-0.25, -0.2) is 13.8 Å². The van der Waals surface area contributed by atoms with Gasteiger partial charge in [0.25, 0.3) is 5.56 Å². The maximum absolute atomic E-state index is 13.3. The number of fused-ring (bicyclic) bond motifs is 1. The van der Waals surface area contributed by atoms with Crippen molar-refractivity contribution in [2.24, 2.45) is 0 Å². The Morgan fingerprint density at radius 1 is 1.19 bits per heavy atom. The average Bonchev–Trinajstić information content (AvgIpc) is 3.25. The van der Waals surface area contributed by atoms with Gasteiger partial charge in [0.1, 0.15) is 17.4 Å². The number of nitriles is 1. The van der Waals surface area contributed by atoms with Crippen LogP contribution in [0, 0.1) is 31.0 Å². The van der Waals surface area contributed by atoms with E-state index < -0.39 is 5.56 Å². The lowest BCUT2D eigenvalue weighted by Gasteiger charge is -2.08. The Labute approximate surface area is 155 Å². The van der Waals surface area contributed by atoms with Crippen molar-refractivity contribution >= 4 is 0 Å². The molecule has 0 bridgehead atoms. The molecular weight excluding hydrogens is 345 g/mol. The third-order valence-electron chi connectivity index (χ3n) is 5.13. The third-order valence-corrected chi connectivity index (χ3v) is 5.13. The first-order valence-corrected chi connectivity index (χ1v) is 8.83. The summed E-state index contributed by atoms with van der Waals surface area (Å²) in [5.74, 6) is -0.294. The van der Waals surface area contributed by atoms with E-state index in [1.807, 2.05) is 10.8 Å². The Morgan fingerprint density at radius 3 is 2.63 bits per heavy atom. The van der Waals surface area contributed by atoms with Crippen molar-refractivity contribution in [1.82, 2.24) is 19.6 Å². The summed E-state index contributed by atoms with van der Waals surface area (Å²) >= 11 is 0. The molecule has 6 nitrogen and oxygen atoms in total. The normalized spacial score (nSPS) is 12.8. The van der Waals surface area contributed by atoms with Gasteiger partial charge < -0.3 is 0 Å². The summed E-state index contributed by atoms with van der Waals surface area (Å²) in [5.41, 5.74) is 4.76. The summed E-state index contributed by atoms with van der Waals surface area (Å²) in [6.07, 6.45) is 2.79. The van der Waals surface area contributed by atoms with Crippen LogP contribution in [0.25, 0.3) is 5.69 Å². The van der Waals surface area contributed by atoms with E-state index in [1.54, 1.807) is 26.0 Å². The van der Waals surface area contributed by atoms with Gasteiger partial charge in [0.05, 0.1) is 23.6 Å². The van der Waals surface area contributed by atoms with Gasteiger partial charge in [0, 0.05) is 5.69 Å². The SMILES string of the molecule is Cc1nn(Cc2nn(-c3ccc(F)cc3)c3c2CCC3)c(=O)c(C#N)c1C. The minimum atomic E-state index is -0.399. The highest BCUT2D eigenvalue weighted by atomic mass is 19.1. The molecule has 2 aromatic heterocycles. The first-order valence-electron chi connectivity index (χ1n) is 8.83. The zero-order chi connectivity index (χ0) is 19.1. The maximum atomic E-state index is 13.3. The average molecular weight is 363 g/mol. The zero-order valence-electron chi connectivity index (χ0n) is 15.2. The summed E-state index contributed by atoms with van der Waals surface area (Å²) in [5, 5.41) is 18.3. The van der Waals surface area contributed by atoms with Crippen LogP contribution in [0.1, 0.15) is 40.2 Å². The predicted octanol–water partition coefficient (Wildman–Crippen LogP) is 2.59. The molecule has 27 heavy (non-hydrogen) atoms. The van der Waals surface area contributed by atoms with Crippen molar-refractivity contribution in [2.75, 3.05) is 0 Å². The van der Waals surface area contributed by atoms with Crippen LogP contribution < -0.4 is 5.56 Å². The number of aromatic nitrogens is 4. The van der Waals surface area contributed by atoms with Gasteiger partial charge in [-0.1, -0.05) is 0 Å². The fourth-order valence-electron chi connectivity index (χ4n) is 3.59. The number of aryl methyl sites for hydroxylation is 1. The fraction of sp³-hybridized carbons (Fsp3) is 0.300. The summed E-state index contributed by atoms with van der Waals surface area (Å²) in [4.78, 5) is 12.6. The molecule has 1 aliphatic rings. The number of hydrogen-bond acceptors (Lipinski definition) is 4. The van der Waals surface area contributed by atoms with E-state index in [9.17, 15) is 14.4 Å². The fourth-order valence-corrected chi connectivity index (χ4v) is 3.59. The van der Waals surface area contributed by atoms with E-state index in [2.05, 4.69) is 10.2 Å². The van der Waals surface area contributed by atoms with Crippen LogP contribution in [0.3, 0.4) is 0 Å². The molecule has 0 amide bonds. The maximum Gasteiger partial charge on any atom is 0.285 e. The molecule has 0 saturated heterocycles. The lowest BCUT2D eigenvalue weighted by Crippen LogP contribution is -2.28. The van der Waals surface area contributed by atoms with Gasteiger partial charge in [-0.2, -0.15) is 15.5 Å². The second-order valence-electron chi connectivity index (χ2n) is 6.77. The number of hydrogen-bond donors (Lipinski definition) is 0. The number of benzene rings is 1. The van der Waals surface area contributed by atoms with E-state index in [1.165, 1.54) is 16.8 Å². The van der Waals surface area contributed by atoms with Gasteiger partial charge in [0.15, 0.2) is 0 Å². The standard InChI is InChI=1S/C20H18FN5O/c1-12-13(2)23-25(20(27)17(12)10-22)11-18-16-4-3-5-19(16)26(24-18)15-8-6-14(21)7-9-15/h6-9H,3-5,11H2,1-2H3. The molecule has 0 spiro atoms. The second kappa shape index (κ2) is 6.47. The molecule has 1 aromatic carbocycles. The molecule has 2 heterocycles. The molecule has 0 atom stereocenters. The van der Waals surface area contributed by atoms with E-state index in [4.69, 9.17) is 0 Å². The van der Waals surface area contributed by atoms with Crippen molar-refractivity contribution in [3.63, 3.8) is 0 Å². The van der Waals surface area contributed by atoms with E-state index in [-0.39, 0.29) is 17.9 Å². The topological polar surface area (TPSA) is 76.5 Å². The summed E-state index contributed by atoms with van der Waals surface area (Å²) in [7, 11) is 0. The number of nitrogens with zero attached hydrogens (tertiary/aromatic N) is 5. The molecule has 136 valence electrons. The summed E-state index contributed by atoms with van der Waals surface area (Å²) in [6, 6.07) is 8.19. The lowest BCUT2D eigenvalue weighted by atomic mass is 10.1. The van der Waals surface area contributed by atoms with Crippen LogP contribution in [0.15, 0.2) is 29.1 Å². The Bertz CT molecular complexity index is 1140. The van der Waals surface area contributed by atoms with Crippen molar-refractivity contribution in [1.29, 1.82) is 5.26 Å². The van der Waals surface area contributed by atoms with Crippen LogP contribution in [0.2, 0.25) is 0 Å². The minimum Gasteiger partial charge on any atom is -0.266 e. The quantitative estimate of drug-likeness (QED) is 0.717. The van der Waals surface area contributed by atoms with Crippen LogP contribution >= 0.6 is 0 Å². The molecule has 7 heteroatoms. The Morgan fingerprint density at radius 2 is 1.93 bits per heavy atom. The molecule has 0 radical (unpaired) electrons. The molecule has 0 unspecified atom stereocenters. The number of halogens is 1. The Balaban J connectivity index is 1.80. The molecule has 1 aliphatic carbocycles. The van der Waals surface area contributed by atoms with Crippen LogP contribution in [0.4, 0.5) is 4.39 Å². The zero-order valence-corrected chi connectivity index (χ0v) is 15.2. The smallest absolute Gasteiger partial charge is 0.266 e. The summed E-state index contributed by atoms with van der Waals surface area (Å²) in [6.45, 7) is 3.73. The highest BCUT2D eigenvalue weighted by molar-refractivity contribution is 5.41. The van der Waals surface area contributed by atoms with Crippen molar-refractivity contribution < 1.29 is 4.39 Å². The highest BCUT2D eigenvalue weighted by Crippen LogP contribution is 2.28. The van der Waals surface area contributed by atoms with E-state index in [0.29, 0.717) is 11.3 Å². The van der Waals surface area contributed by atoms with Gasteiger partial charge in [-0.15, -0.1) is 0 Å². The van der Waals surface area contributed by atoms with E-state index in [0.717, 1.165) is 41.9 Å². The predicted molar refractivity (Wildman–Crippen MR) is 97.3 cm³/mol. The van der Waals surface area contributed by atoms with Crippen molar-refractivity contribution in [2.45, 2.75) is 39.7 Å². The first-order chi connectivity index (χ1) is 13.0. The molecule has 0 aliphatic heterocycles. The molecule has 0 N–H and O–H groups in total. The first kappa shape index (κ1) is 17.2. The molecular formula is C20H18FN5O. The Kier molecular flexibility index (Phi) is 4.11. The molecule has 0 fully saturated rings. The van der Waals surface area contributed by atoms with E-state index >= 15 is 0 Å². The van der Waals surface area contributed by atoms with Crippen LogP contribution in [-0.2, 0) is 19.4 Å². The monoisotopic (exact) mass is 363 g/mol. The second-order valence-corrected chi connectivity index (χ2v) is 6.77. The van der Waals surface area contributed by atoms with Crippen LogP contribution in [-0.4, -0.2) is 19.6 Å². The molecule has 4 rings (SSSR count). The third kappa shape index (κ3) is 2.83. The molecule has 0 saturated carbocycles. The Hall–Kier alpha value is -3.27. The van der Waals surface area contributed by atoms with Gasteiger partial charge >= 0.3 is 0 Å². The lowest BCUT2D eigenvalue weighted by molar-refractivity contribution is 0.601. The van der Waals surface area contributed by atoms with Crippen molar-refractivity contribution in [3.8, 4) is 11.8 Å². The van der Waals surface area contributed by atoms with Gasteiger partial charge in [-0.05, 0) is 68.5 Å². The highest BCUT2D eigenvalue weighted by Gasteiger charge is 2.24. The largest absolute Gasteiger partial charge is 0.285 e. The van der Waals surface area contributed by atoms with Crippen LogP contribution in [0.5, 0.6) is 0 Å². The van der Waals surface area contributed by atoms with Gasteiger partial charge in [-0.3, -0.25) is 4.79 Å². The molecule has 3 aromatic rings.